The number of piperidine rings is 1. The summed E-state index contributed by atoms with van der Waals surface area (Å²) in [4.78, 5) is 19.3. The molecule has 1 fully saturated rings. The molecule has 0 atom stereocenters. The zero-order valence-electron chi connectivity index (χ0n) is 17.0. The first-order chi connectivity index (χ1) is 14.7. The fourth-order valence-corrected chi connectivity index (χ4v) is 3.53. The van der Waals surface area contributed by atoms with Crippen molar-refractivity contribution < 1.29 is 18.8 Å². The highest BCUT2D eigenvalue weighted by molar-refractivity contribution is 5.94. The average Bonchev–Trinajstić information content (AvgIpc) is 3.30. The van der Waals surface area contributed by atoms with E-state index in [-0.39, 0.29) is 11.8 Å². The third-order valence-corrected chi connectivity index (χ3v) is 5.25. The second-order valence-corrected chi connectivity index (χ2v) is 7.08. The quantitative estimate of drug-likeness (QED) is 0.666. The molecule has 1 aliphatic rings. The molecule has 2 aromatic carbocycles. The first-order valence-electron chi connectivity index (χ1n) is 9.85. The summed E-state index contributed by atoms with van der Waals surface area (Å²) in [7, 11) is 3.16. The normalized spacial score (nSPS) is 14.4. The van der Waals surface area contributed by atoms with Gasteiger partial charge in [0.25, 0.3) is 0 Å². The first-order valence-corrected chi connectivity index (χ1v) is 9.85. The van der Waals surface area contributed by atoms with E-state index >= 15 is 0 Å². The number of methoxy groups -OCH3 is 2. The topological polar surface area (TPSA) is 89.7 Å². The van der Waals surface area contributed by atoms with Crippen molar-refractivity contribution in [3.8, 4) is 22.9 Å². The van der Waals surface area contributed by atoms with Gasteiger partial charge in [-0.2, -0.15) is 4.98 Å². The number of carbonyl (C=O) groups excluding carboxylic acids is 1. The van der Waals surface area contributed by atoms with E-state index in [4.69, 9.17) is 14.0 Å². The Morgan fingerprint density at radius 3 is 2.57 bits per heavy atom. The SMILES string of the molecule is COc1ccc(OC)c(NC(=O)C2CCN(c3nc(-c4ccccc4)no3)CC2)c1. The maximum absolute atomic E-state index is 12.8. The van der Waals surface area contributed by atoms with E-state index in [9.17, 15) is 4.79 Å². The van der Waals surface area contributed by atoms with Crippen LogP contribution in [-0.4, -0.2) is 43.4 Å². The van der Waals surface area contributed by atoms with Crippen molar-refractivity contribution >= 4 is 17.6 Å². The predicted molar refractivity (Wildman–Crippen MR) is 113 cm³/mol. The summed E-state index contributed by atoms with van der Waals surface area (Å²) in [5.41, 5.74) is 1.52. The number of benzene rings is 2. The number of carbonyl (C=O) groups is 1. The zero-order valence-corrected chi connectivity index (χ0v) is 17.0. The smallest absolute Gasteiger partial charge is 0.324 e. The van der Waals surface area contributed by atoms with Crippen LogP contribution in [0.15, 0.2) is 53.1 Å². The van der Waals surface area contributed by atoms with Crippen molar-refractivity contribution in [1.82, 2.24) is 10.1 Å². The number of aromatic nitrogens is 2. The standard InChI is InChI=1S/C22H24N4O4/c1-28-17-8-9-19(29-2)18(14-17)23-21(27)16-10-12-26(13-11-16)22-24-20(25-30-22)15-6-4-3-5-7-15/h3-9,14,16H,10-13H2,1-2H3,(H,23,27). The van der Waals surface area contributed by atoms with Crippen molar-refractivity contribution in [2.24, 2.45) is 5.92 Å². The largest absolute Gasteiger partial charge is 0.497 e. The lowest BCUT2D eigenvalue weighted by atomic mass is 9.96. The molecule has 3 aromatic rings. The maximum Gasteiger partial charge on any atom is 0.324 e. The summed E-state index contributed by atoms with van der Waals surface area (Å²) >= 11 is 0. The van der Waals surface area contributed by atoms with Crippen LogP contribution in [0.1, 0.15) is 12.8 Å². The molecule has 30 heavy (non-hydrogen) atoms. The molecule has 1 aliphatic heterocycles. The van der Waals surface area contributed by atoms with E-state index in [0.717, 1.165) is 5.56 Å². The molecule has 1 amide bonds. The molecule has 0 spiro atoms. The van der Waals surface area contributed by atoms with Crippen molar-refractivity contribution in [3.05, 3.63) is 48.5 Å². The minimum absolute atomic E-state index is 0.0308. The Labute approximate surface area is 174 Å². The van der Waals surface area contributed by atoms with Gasteiger partial charge in [0.15, 0.2) is 0 Å². The molecule has 8 heteroatoms. The second kappa shape index (κ2) is 8.86. The third-order valence-electron chi connectivity index (χ3n) is 5.25. The van der Waals surface area contributed by atoms with Gasteiger partial charge < -0.3 is 24.2 Å². The monoisotopic (exact) mass is 408 g/mol. The number of rotatable bonds is 6. The average molecular weight is 408 g/mol. The molecule has 4 rings (SSSR count). The highest BCUT2D eigenvalue weighted by atomic mass is 16.5. The Morgan fingerprint density at radius 1 is 1.10 bits per heavy atom. The lowest BCUT2D eigenvalue weighted by Crippen LogP contribution is -2.38. The highest BCUT2D eigenvalue weighted by Gasteiger charge is 2.28. The Balaban J connectivity index is 1.37. The van der Waals surface area contributed by atoms with Gasteiger partial charge in [-0.15, -0.1) is 0 Å². The molecule has 8 nitrogen and oxygen atoms in total. The molecule has 0 bridgehead atoms. The number of hydrogen-bond acceptors (Lipinski definition) is 7. The molecule has 156 valence electrons. The highest BCUT2D eigenvalue weighted by Crippen LogP contribution is 2.31. The summed E-state index contributed by atoms with van der Waals surface area (Å²) < 4.78 is 16.0. The Kier molecular flexibility index (Phi) is 5.83. The van der Waals surface area contributed by atoms with Crippen LogP contribution < -0.4 is 19.7 Å². The van der Waals surface area contributed by atoms with Crippen molar-refractivity contribution in [1.29, 1.82) is 0 Å². The predicted octanol–water partition coefficient (Wildman–Crippen LogP) is 3.61. The van der Waals surface area contributed by atoms with Crippen LogP contribution >= 0.6 is 0 Å². The van der Waals surface area contributed by atoms with Gasteiger partial charge in [0, 0.05) is 30.6 Å². The second-order valence-electron chi connectivity index (χ2n) is 7.08. The zero-order chi connectivity index (χ0) is 20.9. The van der Waals surface area contributed by atoms with Crippen LogP contribution in [0.3, 0.4) is 0 Å². The fraction of sp³-hybridized carbons (Fsp3) is 0.318. The molecule has 1 aromatic heterocycles. The van der Waals surface area contributed by atoms with Gasteiger partial charge in [-0.1, -0.05) is 35.5 Å². The molecule has 0 saturated carbocycles. The van der Waals surface area contributed by atoms with Crippen LogP contribution in [0.2, 0.25) is 0 Å². The number of nitrogens with zero attached hydrogens (tertiary/aromatic N) is 3. The first kappa shape index (κ1) is 19.8. The minimum Gasteiger partial charge on any atom is -0.497 e. The summed E-state index contributed by atoms with van der Waals surface area (Å²) in [5, 5.41) is 7.05. The van der Waals surface area contributed by atoms with Gasteiger partial charge in [-0.05, 0) is 25.0 Å². The Bertz CT molecular complexity index is 997. The maximum atomic E-state index is 12.8. The van der Waals surface area contributed by atoms with Gasteiger partial charge in [0.2, 0.25) is 11.7 Å². The summed E-state index contributed by atoms with van der Waals surface area (Å²) in [6.07, 6.45) is 1.39. The number of anilines is 2. The van der Waals surface area contributed by atoms with Gasteiger partial charge in [0.1, 0.15) is 11.5 Å². The van der Waals surface area contributed by atoms with Gasteiger partial charge in [-0.3, -0.25) is 4.79 Å². The molecule has 0 aliphatic carbocycles. The number of nitrogens with one attached hydrogen (secondary N) is 1. The minimum atomic E-state index is -0.103. The molecule has 2 heterocycles. The van der Waals surface area contributed by atoms with Crippen LogP contribution in [-0.2, 0) is 4.79 Å². The van der Waals surface area contributed by atoms with E-state index in [0.29, 0.717) is 55.0 Å². The Hall–Kier alpha value is -3.55. The molecule has 0 unspecified atom stereocenters. The molecule has 1 saturated heterocycles. The fourth-order valence-electron chi connectivity index (χ4n) is 3.53. The number of hydrogen-bond donors (Lipinski definition) is 1. The summed E-state index contributed by atoms with van der Waals surface area (Å²) in [6.45, 7) is 1.34. The van der Waals surface area contributed by atoms with Gasteiger partial charge >= 0.3 is 6.01 Å². The molecule has 1 N–H and O–H groups in total. The van der Waals surface area contributed by atoms with Crippen LogP contribution in [0.25, 0.3) is 11.4 Å². The van der Waals surface area contributed by atoms with Crippen LogP contribution in [0, 0.1) is 5.92 Å². The lowest BCUT2D eigenvalue weighted by Gasteiger charge is -2.29. The van der Waals surface area contributed by atoms with E-state index in [2.05, 4.69) is 15.5 Å². The van der Waals surface area contributed by atoms with E-state index < -0.39 is 0 Å². The van der Waals surface area contributed by atoms with Crippen LogP contribution in [0.4, 0.5) is 11.7 Å². The summed E-state index contributed by atoms with van der Waals surface area (Å²) in [6, 6.07) is 15.5. The van der Waals surface area contributed by atoms with Crippen molar-refractivity contribution in [3.63, 3.8) is 0 Å². The van der Waals surface area contributed by atoms with Gasteiger partial charge in [-0.25, -0.2) is 0 Å². The van der Waals surface area contributed by atoms with Gasteiger partial charge in [0.05, 0.1) is 19.9 Å². The van der Waals surface area contributed by atoms with Crippen molar-refractivity contribution in [2.75, 3.05) is 37.5 Å². The van der Waals surface area contributed by atoms with E-state index in [1.54, 1.807) is 32.4 Å². The molecule has 0 radical (unpaired) electrons. The molecular weight excluding hydrogens is 384 g/mol. The number of ether oxygens (including phenoxy) is 2. The van der Waals surface area contributed by atoms with E-state index in [1.165, 1.54) is 0 Å². The van der Waals surface area contributed by atoms with Crippen molar-refractivity contribution in [2.45, 2.75) is 12.8 Å². The third kappa shape index (κ3) is 4.22. The Morgan fingerprint density at radius 2 is 1.87 bits per heavy atom. The van der Waals surface area contributed by atoms with E-state index in [1.807, 2.05) is 35.2 Å². The summed E-state index contributed by atoms with van der Waals surface area (Å²) in [5.74, 6) is 1.69. The number of amides is 1. The van der Waals surface area contributed by atoms with Crippen LogP contribution in [0.5, 0.6) is 11.5 Å². The lowest BCUT2D eigenvalue weighted by molar-refractivity contribution is -0.120. The molecular formula is C22H24N4O4.